The van der Waals surface area contributed by atoms with Gasteiger partial charge in [-0.15, -0.1) is 0 Å². The van der Waals surface area contributed by atoms with Crippen LogP contribution in [0.4, 0.5) is 0 Å². The summed E-state index contributed by atoms with van der Waals surface area (Å²) in [6.45, 7) is 8.04. The Balaban J connectivity index is 1.94. The zero-order valence-electron chi connectivity index (χ0n) is 17.2. The van der Waals surface area contributed by atoms with Crippen molar-refractivity contribution >= 4 is 0 Å². The summed E-state index contributed by atoms with van der Waals surface area (Å²) in [6, 6.07) is 9.98. The molecule has 0 radical (unpaired) electrons. The Hall–Kier alpha value is -2.49. The van der Waals surface area contributed by atoms with Crippen molar-refractivity contribution in [2.75, 3.05) is 0 Å². The topological polar surface area (TPSA) is 59.7 Å². The van der Waals surface area contributed by atoms with Crippen molar-refractivity contribution in [1.29, 1.82) is 0 Å². The van der Waals surface area contributed by atoms with Crippen molar-refractivity contribution in [3.05, 3.63) is 75.0 Å². The van der Waals surface area contributed by atoms with Crippen LogP contribution in [-0.2, 0) is 16.8 Å². The van der Waals surface area contributed by atoms with Crippen LogP contribution in [0.2, 0.25) is 0 Å². The van der Waals surface area contributed by atoms with Crippen molar-refractivity contribution in [3.8, 4) is 5.75 Å². The highest BCUT2D eigenvalue weighted by atomic mass is 16.5. The Morgan fingerprint density at radius 3 is 2.43 bits per heavy atom. The Morgan fingerprint density at radius 2 is 1.89 bits per heavy atom. The first kappa shape index (κ1) is 20.2. The number of aromatic hydroxyl groups is 1. The molecule has 1 aliphatic rings. The van der Waals surface area contributed by atoms with Crippen molar-refractivity contribution < 1.29 is 14.3 Å². The van der Waals surface area contributed by atoms with Gasteiger partial charge in [0.25, 0.3) is 0 Å². The van der Waals surface area contributed by atoms with Crippen LogP contribution < -0.4 is 5.63 Å². The van der Waals surface area contributed by atoms with E-state index in [1.807, 2.05) is 19.9 Å². The van der Waals surface area contributed by atoms with Crippen LogP contribution in [0.1, 0.15) is 74.8 Å². The van der Waals surface area contributed by atoms with E-state index in [1.165, 1.54) is 11.1 Å². The number of benzene rings is 1. The summed E-state index contributed by atoms with van der Waals surface area (Å²) >= 11 is 0. The number of allylic oxidation sites excluding steroid dienone is 1. The predicted molar refractivity (Wildman–Crippen MR) is 111 cm³/mol. The highest BCUT2D eigenvalue weighted by Crippen LogP contribution is 2.44. The highest BCUT2D eigenvalue weighted by Gasteiger charge is 2.42. The summed E-state index contributed by atoms with van der Waals surface area (Å²) in [5, 5.41) is 10.8. The molecule has 3 rings (SSSR count). The van der Waals surface area contributed by atoms with Crippen molar-refractivity contribution in [1.82, 2.24) is 0 Å². The predicted octanol–water partition coefficient (Wildman–Crippen LogP) is 5.71. The normalized spacial score (nSPS) is 19.9. The van der Waals surface area contributed by atoms with Crippen molar-refractivity contribution in [2.24, 2.45) is 0 Å². The van der Waals surface area contributed by atoms with E-state index < -0.39 is 11.2 Å². The second-order valence-corrected chi connectivity index (χ2v) is 7.86. The summed E-state index contributed by atoms with van der Waals surface area (Å²) in [4.78, 5) is 12.9. The fraction of sp³-hybridized carbons (Fsp3) is 0.458. The number of rotatable bonds is 7. The molecule has 2 heterocycles. The maximum Gasteiger partial charge on any atom is 0.347 e. The molecular weight excluding hydrogens is 352 g/mol. The van der Waals surface area contributed by atoms with Crippen LogP contribution in [0.3, 0.4) is 0 Å². The maximum atomic E-state index is 12.9. The number of aryl methyl sites for hydroxylation is 1. The zero-order chi connectivity index (χ0) is 20.3. The SMILES string of the molecule is CCCC1(c2c(O)cc(C(CC)Cc3ccc(C)cc3)oc2=O)CC=C(C)O1. The van der Waals surface area contributed by atoms with Gasteiger partial charge in [-0.1, -0.05) is 50.1 Å². The van der Waals surface area contributed by atoms with E-state index in [-0.39, 0.29) is 17.2 Å². The van der Waals surface area contributed by atoms with E-state index in [1.54, 1.807) is 6.07 Å². The number of ether oxygens (including phenoxy) is 1. The number of hydrogen-bond donors (Lipinski definition) is 1. The third kappa shape index (κ3) is 4.01. The first-order valence-corrected chi connectivity index (χ1v) is 10.2. The van der Waals surface area contributed by atoms with E-state index in [0.29, 0.717) is 18.6 Å². The molecule has 4 heteroatoms. The van der Waals surface area contributed by atoms with E-state index in [4.69, 9.17) is 9.15 Å². The lowest BCUT2D eigenvalue weighted by atomic mass is 9.86. The van der Waals surface area contributed by atoms with Crippen LogP contribution in [0.25, 0.3) is 0 Å². The third-order valence-corrected chi connectivity index (χ3v) is 5.63. The molecule has 0 saturated carbocycles. The van der Waals surface area contributed by atoms with Gasteiger partial charge in [-0.3, -0.25) is 0 Å². The first-order chi connectivity index (χ1) is 13.4. The molecule has 2 aromatic rings. The van der Waals surface area contributed by atoms with Gasteiger partial charge in [0.2, 0.25) is 0 Å². The van der Waals surface area contributed by atoms with Crippen LogP contribution in [-0.4, -0.2) is 5.11 Å². The van der Waals surface area contributed by atoms with Gasteiger partial charge >= 0.3 is 5.63 Å². The molecule has 1 aromatic carbocycles. The Morgan fingerprint density at radius 1 is 1.18 bits per heavy atom. The fourth-order valence-corrected chi connectivity index (χ4v) is 4.11. The minimum Gasteiger partial charge on any atom is -0.507 e. The van der Waals surface area contributed by atoms with Gasteiger partial charge in [0.1, 0.15) is 22.7 Å². The quantitative estimate of drug-likeness (QED) is 0.666. The molecule has 1 N–H and O–H groups in total. The second kappa shape index (κ2) is 8.26. The molecule has 1 aromatic heterocycles. The molecule has 0 aliphatic carbocycles. The van der Waals surface area contributed by atoms with Crippen molar-refractivity contribution in [3.63, 3.8) is 0 Å². The Bertz CT molecular complexity index is 907. The largest absolute Gasteiger partial charge is 0.507 e. The standard InChI is InChI=1S/C24H30O4/c1-5-12-24(13-11-17(4)28-24)22-20(25)15-21(27-23(22)26)19(6-2)14-18-9-7-16(3)8-10-18/h7-11,15,19,25H,5-6,12-14H2,1-4H3. The summed E-state index contributed by atoms with van der Waals surface area (Å²) in [5.74, 6) is 1.32. The molecule has 1 aliphatic heterocycles. The number of hydrogen-bond acceptors (Lipinski definition) is 4. The highest BCUT2D eigenvalue weighted by molar-refractivity contribution is 5.38. The molecule has 0 saturated heterocycles. The summed E-state index contributed by atoms with van der Waals surface area (Å²) in [5.41, 5.74) is 1.34. The molecule has 0 spiro atoms. The fourth-order valence-electron chi connectivity index (χ4n) is 4.11. The molecule has 2 unspecified atom stereocenters. The van der Waals surface area contributed by atoms with Gasteiger partial charge in [0.05, 0.1) is 5.76 Å². The lowest BCUT2D eigenvalue weighted by molar-refractivity contribution is 0.00887. The van der Waals surface area contributed by atoms with Crippen LogP contribution in [0.15, 0.2) is 51.4 Å². The lowest BCUT2D eigenvalue weighted by Crippen LogP contribution is -2.32. The maximum absolute atomic E-state index is 12.9. The minimum atomic E-state index is -0.819. The minimum absolute atomic E-state index is 0.0230. The second-order valence-electron chi connectivity index (χ2n) is 7.86. The average molecular weight is 383 g/mol. The van der Waals surface area contributed by atoms with Crippen molar-refractivity contribution in [2.45, 2.75) is 71.3 Å². The molecule has 0 fully saturated rings. The average Bonchev–Trinajstić information content (AvgIpc) is 3.02. The lowest BCUT2D eigenvalue weighted by Gasteiger charge is -2.29. The summed E-state index contributed by atoms with van der Waals surface area (Å²) < 4.78 is 11.8. The van der Waals surface area contributed by atoms with E-state index in [0.717, 1.165) is 25.0 Å². The molecule has 0 amide bonds. The monoisotopic (exact) mass is 382 g/mol. The molecular formula is C24H30O4. The summed E-state index contributed by atoms with van der Waals surface area (Å²) in [6.07, 6.45) is 5.61. The van der Waals surface area contributed by atoms with Crippen LogP contribution in [0, 0.1) is 6.92 Å². The molecule has 150 valence electrons. The van der Waals surface area contributed by atoms with Gasteiger partial charge in [0, 0.05) is 18.4 Å². The van der Waals surface area contributed by atoms with Gasteiger partial charge < -0.3 is 14.3 Å². The third-order valence-electron chi connectivity index (χ3n) is 5.63. The van der Waals surface area contributed by atoms with Crippen LogP contribution in [0.5, 0.6) is 5.75 Å². The van der Waals surface area contributed by atoms with E-state index >= 15 is 0 Å². The van der Waals surface area contributed by atoms with Gasteiger partial charge in [-0.2, -0.15) is 0 Å². The molecule has 0 bridgehead atoms. The van der Waals surface area contributed by atoms with E-state index in [9.17, 15) is 9.90 Å². The van der Waals surface area contributed by atoms with Crippen LogP contribution >= 0.6 is 0 Å². The molecule has 2 atom stereocenters. The zero-order valence-corrected chi connectivity index (χ0v) is 17.2. The van der Waals surface area contributed by atoms with Gasteiger partial charge in [0.15, 0.2) is 0 Å². The smallest absolute Gasteiger partial charge is 0.347 e. The van der Waals surface area contributed by atoms with E-state index in [2.05, 4.69) is 38.1 Å². The van der Waals surface area contributed by atoms with Gasteiger partial charge in [-0.05, 0) is 44.7 Å². The molecule has 28 heavy (non-hydrogen) atoms. The molecule has 4 nitrogen and oxygen atoms in total. The Labute approximate surface area is 166 Å². The Kier molecular flexibility index (Phi) is 5.97. The first-order valence-electron chi connectivity index (χ1n) is 10.2. The van der Waals surface area contributed by atoms with Gasteiger partial charge in [-0.25, -0.2) is 4.79 Å². The summed E-state index contributed by atoms with van der Waals surface area (Å²) in [7, 11) is 0.